The first kappa shape index (κ1) is 35.9. The number of fused-ring (bicyclic) bond motifs is 2. The molecule has 0 aliphatic carbocycles. The van der Waals surface area contributed by atoms with Gasteiger partial charge in [-0.2, -0.15) is 5.10 Å². The number of benzene rings is 2. The number of aromatic amines is 1. The molecule has 51 heavy (non-hydrogen) atoms. The highest BCUT2D eigenvalue weighted by Gasteiger charge is 2.22. The van der Waals surface area contributed by atoms with Crippen molar-refractivity contribution in [3.8, 4) is 5.75 Å². The number of aromatic hydroxyl groups is 1. The van der Waals surface area contributed by atoms with Crippen LogP contribution in [0.1, 0.15) is 68.3 Å². The van der Waals surface area contributed by atoms with Crippen molar-refractivity contribution in [3.05, 3.63) is 87.5 Å². The fourth-order valence-electron chi connectivity index (χ4n) is 6.82. The number of nitrogens with zero attached hydrogens (tertiary/aromatic N) is 3. The molecule has 5 aromatic rings. The summed E-state index contributed by atoms with van der Waals surface area (Å²) >= 11 is 0. The van der Waals surface area contributed by atoms with Crippen molar-refractivity contribution in [2.24, 2.45) is 0 Å². The van der Waals surface area contributed by atoms with E-state index >= 15 is 0 Å². The number of carbonyl (C=O) groups excluding carboxylic acids is 1. The molecule has 3 aromatic heterocycles. The lowest BCUT2D eigenvalue weighted by Crippen LogP contribution is -2.31. The van der Waals surface area contributed by atoms with E-state index < -0.39 is 0 Å². The van der Waals surface area contributed by atoms with Crippen molar-refractivity contribution in [1.82, 2.24) is 30.4 Å². The molecule has 4 heterocycles. The van der Waals surface area contributed by atoms with Crippen LogP contribution in [-0.4, -0.2) is 63.2 Å². The van der Waals surface area contributed by atoms with Crippen LogP contribution in [0.25, 0.3) is 21.9 Å². The van der Waals surface area contributed by atoms with Crippen LogP contribution in [0.5, 0.6) is 5.75 Å². The van der Waals surface area contributed by atoms with Crippen molar-refractivity contribution in [2.75, 3.05) is 36.9 Å². The molecule has 0 spiro atoms. The number of hydrogen-bond acceptors (Lipinski definition) is 8. The van der Waals surface area contributed by atoms with E-state index in [1.54, 1.807) is 12.1 Å². The minimum Gasteiger partial charge on any atom is -0.506 e. The predicted octanol–water partition coefficient (Wildman–Crippen LogP) is 6.02. The Labute approximate surface area is 298 Å². The van der Waals surface area contributed by atoms with E-state index in [0.29, 0.717) is 18.1 Å². The predicted molar refractivity (Wildman–Crippen MR) is 203 cm³/mol. The van der Waals surface area contributed by atoms with Gasteiger partial charge in [-0.1, -0.05) is 31.5 Å². The maximum absolute atomic E-state index is 13.0. The van der Waals surface area contributed by atoms with Gasteiger partial charge in [-0.25, -0.2) is 14.5 Å². The molecule has 0 atom stereocenters. The number of phenolic OH excluding ortho intramolecular Hbond substituents is 1. The van der Waals surface area contributed by atoms with Gasteiger partial charge < -0.3 is 36.1 Å². The number of anilines is 2. The third-order valence-corrected chi connectivity index (χ3v) is 9.67. The third-order valence-electron chi connectivity index (χ3n) is 9.67. The Bertz CT molecular complexity index is 1980. The molecule has 12 nitrogen and oxygen atoms in total. The van der Waals surface area contributed by atoms with Gasteiger partial charge in [0.2, 0.25) is 5.56 Å². The first-order valence-corrected chi connectivity index (χ1v) is 18.3. The molecular formula is C39H50N8O4. The van der Waals surface area contributed by atoms with Crippen LogP contribution in [0.4, 0.5) is 16.2 Å². The van der Waals surface area contributed by atoms with E-state index in [9.17, 15) is 14.7 Å². The maximum atomic E-state index is 13.0. The minimum absolute atomic E-state index is 0.0914. The summed E-state index contributed by atoms with van der Waals surface area (Å²) in [4.78, 5) is 32.4. The topological polar surface area (TPSA) is 158 Å². The Morgan fingerprint density at radius 2 is 1.80 bits per heavy atom. The van der Waals surface area contributed by atoms with E-state index in [2.05, 4.69) is 57.3 Å². The largest absolute Gasteiger partial charge is 0.506 e. The minimum atomic E-state index is -0.257. The lowest BCUT2D eigenvalue weighted by atomic mass is 10.0. The van der Waals surface area contributed by atoms with E-state index in [1.165, 1.54) is 11.6 Å². The summed E-state index contributed by atoms with van der Waals surface area (Å²) in [5.41, 5.74) is 7.19. The number of phenols is 1. The second kappa shape index (κ2) is 17.3. The zero-order valence-electron chi connectivity index (χ0n) is 29.7. The van der Waals surface area contributed by atoms with Gasteiger partial charge in [0.15, 0.2) is 5.65 Å². The molecule has 6 N–H and O–H groups in total. The number of H-pyrrole nitrogens is 1. The quantitative estimate of drug-likeness (QED) is 0.0685. The van der Waals surface area contributed by atoms with Crippen molar-refractivity contribution in [2.45, 2.75) is 84.3 Å². The second-order valence-corrected chi connectivity index (χ2v) is 13.2. The number of aromatic nitrogens is 4. The molecule has 2 amide bonds. The SMILES string of the molecule is CCc1nc2c(cnn2CC)c(NC2CCOCC2)c1CNC(=O)Nc1ccc(CCCCCNCCc2ccc(O)c3[nH]c(=O)ccc23)cc1. The van der Waals surface area contributed by atoms with Crippen LogP contribution < -0.4 is 26.8 Å². The third kappa shape index (κ3) is 9.05. The molecule has 1 saturated heterocycles. The van der Waals surface area contributed by atoms with Crippen LogP contribution in [0, 0.1) is 0 Å². The van der Waals surface area contributed by atoms with Gasteiger partial charge in [0.05, 0.1) is 22.8 Å². The Kier molecular flexibility index (Phi) is 12.2. The number of ether oxygens (including phenoxy) is 1. The summed E-state index contributed by atoms with van der Waals surface area (Å²) in [6.45, 7) is 8.48. The molecule has 6 rings (SSSR count). The van der Waals surface area contributed by atoms with Gasteiger partial charge >= 0.3 is 6.03 Å². The summed E-state index contributed by atoms with van der Waals surface area (Å²) < 4.78 is 7.50. The number of nitrogens with one attached hydrogen (secondary N) is 5. The van der Waals surface area contributed by atoms with E-state index in [0.717, 1.165) is 129 Å². The molecule has 0 saturated carbocycles. The molecular weight excluding hydrogens is 644 g/mol. The number of amides is 2. The first-order chi connectivity index (χ1) is 24.9. The lowest BCUT2D eigenvalue weighted by Gasteiger charge is -2.26. The number of rotatable bonds is 16. The van der Waals surface area contributed by atoms with Crippen LogP contribution in [0.15, 0.2) is 59.5 Å². The highest BCUT2D eigenvalue weighted by atomic mass is 16.5. The van der Waals surface area contributed by atoms with Crippen LogP contribution in [0.3, 0.4) is 0 Å². The number of carbonyl (C=O) groups is 1. The lowest BCUT2D eigenvalue weighted by molar-refractivity contribution is 0.0904. The zero-order chi connectivity index (χ0) is 35.6. The van der Waals surface area contributed by atoms with Crippen molar-refractivity contribution in [3.63, 3.8) is 0 Å². The number of unbranched alkanes of at least 4 members (excludes halogenated alkanes) is 2. The molecule has 0 radical (unpaired) electrons. The summed E-state index contributed by atoms with van der Waals surface area (Å²) in [5, 5.41) is 29.9. The van der Waals surface area contributed by atoms with E-state index in [4.69, 9.17) is 9.72 Å². The Hall–Kier alpha value is -4.94. The molecule has 1 aliphatic rings. The summed E-state index contributed by atoms with van der Waals surface area (Å²) in [6.07, 6.45) is 9.57. The van der Waals surface area contributed by atoms with E-state index in [-0.39, 0.29) is 17.3 Å². The number of pyridine rings is 2. The highest BCUT2D eigenvalue weighted by molar-refractivity contribution is 5.93. The Morgan fingerprint density at radius 1 is 0.980 bits per heavy atom. The van der Waals surface area contributed by atoms with Crippen LogP contribution in [0.2, 0.25) is 0 Å². The zero-order valence-corrected chi connectivity index (χ0v) is 29.7. The normalized spacial score (nSPS) is 13.5. The van der Waals surface area contributed by atoms with Crippen LogP contribution in [-0.2, 0) is 37.1 Å². The van der Waals surface area contributed by atoms with E-state index in [1.807, 2.05) is 29.1 Å². The van der Waals surface area contributed by atoms with Gasteiger partial charge in [0, 0.05) is 60.7 Å². The molecule has 1 fully saturated rings. The average Bonchev–Trinajstić information content (AvgIpc) is 3.57. The maximum Gasteiger partial charge on any atom is 0.319 e. The summed E-state index contributed by atoms with van der Waals surface area (Å²) in [5.74, 6) is 0.0914. The van der Waals surface area contributed by atoms with Crippen molar-refractivity contribution >= 4 is 39.3 Å². The van der Waals surface area contributed by atoms with Crippen molar-refractivity contribution < 1.29 is 14.6 Å². The van der Waals surface area contributed by atoms with Crippen molar-refractivity contribution in [1.29, 1.82) is 0 Å². The molecule has 1 aliphatic heterocycles. The second-order valence-electron chi connectivity index (χ2n) is 13.2. The van der Waals surface area contributed by atoms with Gasteiger partial charge in [-0.05, 0) is 100 Å². The summed E-state index contributed by atoms with van der Waals surface area (Å²) in [6, 6.07) is 14.9. The molecule has 2 aromatic carbocycles. The monoisotopic (exact) mass is 694 g/mol. The molecule has 0 unspecified atom stereocenters. The fraction of sp³-hybridized carbons (Fsp3) is 0.436. The van der Waals surface area contributed by atoms with Gasteiger partial charge in [-0.15, -0.1) is 0 Å². The number of aryl methyl sites for hydroxylation is 3. The Morgan fingerprint density at radius 3 is 2.59 bits per heavy atom. The molecule has 270 valence electrons. The molecule has 0 bridgehead atoms. The van der Waals surface area contributed by atoms with Gasteiger partial charge in [0.25, 0.3) is 0 Å². The van der Waals surface area contributed by atoms with Gasteiger partial charge in [0.1, 0.15) is 5.75 Å². The smallest absolute Gasteiger partial charge is 0.319 e. The number of urea groups is 1. The van der Waals surface area contributed by atoms with Crippen LogP contribution >= 0.6 is 0 Å². The fourth-order valence-corrected chi connectivity index (χ4v) is 6.82. The average molecular weight is 695 g/mol. The van der Waals surface area contributed by atoms with Gasteiger partial charge in [-0.3, -0.25) is 4.79 Å². The highest BCUT2D eigenvalue weighted by Crippen LogP contribution is 2.31. The first-order valence-electron chi connectivity index (χ1n) is 18.3. The summed E-state index contributed by atoms with van der Waals surface area (Å²) in [7, 11) is 0. The molecule has 12 heteroatoms. The Balaban J connectivity index is 0.940. The number of hydrogen-bond donors (Lipinski definition) is 6. The standard InChI is InChI=1S/C39H50N8O4/c1-3-33-31(36(43-29-18-22-51-23-19-29)32-25-42-47(4-2)38(32)45-33)24-41-39(50)44-28-12-9-26(10-13-28)8-6-5-7-20-40-21-17-27-11-15-34(48)37-30(27)14-16-35(49)46-37/h9-16,25,29,40,48H,3-8,17-24H2,1-2H3,(H,43,45)(H,46,49)(H2,41,44,50).